The summed E-state index contributed by atoms with van der Waals surface area (Å²) in [4.78, 5) is 21.0. The second-order valence-electron chi connectivity index (χ2n) is 4.04. The number of carbonyl (C=O) groups is 1. The molecule has 1 N–H and O–H groups in total. The lowest BCUT2D eigenvalue weighted by Crippen LogP contribution is -2.25. The van der Waals surface area contributed by atoms with Gasteiger partial charge in [-0.05, 0) is 19.3 Å². The van der Waals surface area contributed by atoms with Crippen LogP contribution >= 0.6 is 11.6 Å². The van der Waals surface area contributed by atoms with E-state index in [4.69, 9.17) is 21.4 Å². The van der Waals surface area contributed by atoms with Gasteiger partial charge < -0.3 is 9.84 Å². The number of carboxylic acids is 1. The van der Waals surface area contributed by atoms with Gasteiger partial charge in [0, 0.05) is 12.1 Å². The van der Waals surface area contributed by atoms with Crippen molar-refractivity contribution in [2.75, 3.05) is 0 Å². The third-order valence-electron chi connectivity index (χ3n) is 2.81. The number of halogens is 1. The number of rotatable bonds is 4. The highest BCUT2D eigenvalue weighted by Crippen LogP contribution is 2.36. The maximum absolute atomic E-state index is 11.1. The molecule has 1 aromatic rings. The molecular weight excluding hydrogens is 262 g/mol. The monoisotopic (exact) mass is 271 g/mol. The Kier molecular flexibility index (Phi) is 3.38. The molecule has 18 heavy (non-hydrogen) atoms. The first-order chi connectivity index (χ1) is 8.49. The second-order valence-corrected chi connectivity index (χ2v) is 4.44. The molecule has 0 radical (unpaired) electrons. The number of hydrogen-bond acceptors (Lipinski definition) is 4. The van der Waals surface area contributed by atoms with E-state index in [9.17, 15) is 14.9 Å². The second kappa shape index (κ2) is 4.81. The van der Waals surface area contributed by atoms with Crippen LogP contribution in [0.5, 0.6) is 5.75 Å². The lowest BCUT2D eigenvalue weighted by atomic mass is 9.96. The van der Waals surface area contributed by atoms with Gasteiger partial charge in [0.15, 0.2) is 5.75 Å². The molecule has 1 aliphatic rings. The fourth-order valence-corrected chi connectivity index (χ4v) is 1.88. The number of nitro groups is 1. The van der Waals surface area contributed by atoms with Crippen molar-refractivity contribution in [2.24, 2.45) is 0 Å². The van der Waals surface area contributed by atoms with E-state index in [1.54, 1.807) is 0 Å². The topological polar surface area (TPSA) is 89.7 Å². The fourth-order valence-electron chi connectivity index (χ4n) is 1.62. The van der Waals surface area contributed by atoms with E-state index in [0.717, 1.165) is 31.4 Å². The minimum Gasteiger partial charge on any atom is -0.488 e. The van der Waals surface area contributed by atoms with Crippen molar-refractivity contribution < 1.29 is 19.6 Å². The maximum atomic E-state index is 11.1. The minimum atomic E-state index is -1.30. The van der Waals surface area contributed by atoms with Crippen LogP contribution in [0.4, 0.5) is 5.69 Å². The number of ether oxygens (including phenoxy) is 1. The quantitative estimate of drug-likeness (QED) is 0.672. The molecule has 1 aromatic carbocycles. The van der Waals surface area contributed by atoms with Crippen molar-refractivity contribution in [1.82, 2.24) is 0 Å². The minimum absolute atomic E-state index is 0.0134. The lowest BCUT2D eigenvalue weighted by Gasteiger charge is -2.27. The van der Waals surface area contributed by atoms with Gasteiger partial charge in [0.2, 0.25) is 0 Å². The van der Waals surface area contributed by atoms with E-state index < -0.39 is 10.9 Å². The molecule has 0 saturated heterocycles. The summed E-state index contributed by atoms with van der Waals surface area (Å²) in [6, 6.07) is 2.06. The zero-order chi connectivity index (χ0) is 13.3. The van der Waals surface area contributed by atoms with Crippen LogP contribution in [-0.2, 0) is 0 Å². The van der Waals surface area contributed by atoms with Crippen LogP contribution in [0.15, 0.2) is 12.1 Å². The summed E-state index contributed by atoms with van der Waals surface area (Å²) in [5.74, 6) is -1.28. The zero-order valence-corrected chi connectivity index (χ0v) is 10.0. The van der Waals surface area contributed by atoms with Crippen molar-refractivity contribution in [1.29, 1.82) is 0 Å². The molecule has 1 saturated carbocycles. The zero-order valence-electron chi connectivity index (χ0n) is 9.26. The summed E-state index contributed by atoms with van der Waals surface area (Å²) < 4.78 is 5.47. The summed E-state index contributed by atoms with van der Waals surface area (Å²) in [7, 11) is 0. The molecular formula is C11H10ClNO5. The van der Waals surface area contributed by atoms with E-state index in [1.165, 1.54) is 0 Å². The van der Waals surface area contributed by atoms with E-state index >= 15 is 0 Å². The van der Waals surface area contributed by atoms with Crippen LogP contribution in [0.2, 0.25) is 5.02 Å². The van der Waals surface area contributed by atoms with Crippen molar-refractivity contribution in [3.63, 3.8) is 0 Å². The summed E-state index contributed by atoms with van der Waals surface area (Å²) in [5, 5.41) is 19.6. The first kappa shape index (κ1) is 12.6. The molecule has 7 heteroatoms. The van der Waals surface area contributed by atoms with E-state index in [0.29, 0.717) is 0 Å². The molecule has 1 aliphatic carbocycles. The molecule has 2 rings (SSSR count). The number of nitro benzene ring substituents is 1. The highest BCUT2D eigenvalue weighted by molar-refractivity contribution is 6.32. The largest absolute Gasteiger partial charge is 0.488 e. The predicted octanol–water partition coefficient (Wildman–Crippen LogP) is 2.88. The SMILES string of the molecule is O=C(O)c1cc([N+](=O)[O-])cc(Cl)c1OC1CCC1. The third kappa shape index (κ3) is 2.38. The lowest BCUT2D eigenvalue weighted by molar-refractivity contribution is -0.384. The Bertz CT molecular complexity index is 512. The Morgan fingerprint density at radius 3 is 2.61 bits per heavy atom. The first-order valence-electron chi connectivity index (χ1n) is 5.37. The van der Waals surface area contributed by atoms with Crippen molar-refractivity contribution in [2.45, 2.75) is 25.4 Å². The van der Waals surface area contributed by atoms with Gasteiger partial charge in [0.1, 0.15) is 5.56 Å². The molecule has 0 aromatic heterocycles. The van der Waals surface area contributed by atoms with Gasteiger partial charge in [-0.25, -0.2) is 4.79 Å². The molecule has 0 atom stereocenters. The van der Waals surface area contributed by atoms with Gasteiger partial charge in [-0.15, -0.1) is 0 Å². The fraction of sp³-hybridized carbons (Fsp3) is 0.364. The Morgan fingerprint density at radius 1 is 1.50 bits per heavy atom. The van der Waals surface area contributed by atoms with Crippen LogP contribution in [-0.4, -0.2) is 22.1 Å². The molecule has 0 amide bonds. The van der Waals surface area contributed by atoms with Crippen LogP contribution in [0.25, 0.3) is 0 Å². The average Bonchev–Trinajstić information content (AvgIpc) is 2.23. The highest BCUT2D eigenvalue weighted by atomic mass is 35.5. The summed E-state index contributed by atoms with van der Waals surface area (Å²) in [6.45, 7) is 0. The molecule has 1 fully saturated rings. The molecule has 0 bridgehead atoms. The molecule has 0 unspecified atom stereocenters. The molecule has 0 spiro atoms. The van der Waals surface area contributed by atoms with E-state index in [2.05, 4.69) is 0 Å². The highest BCUT2D eigenvalue weighted by Gasteiger charge is 2.26. The van der Waals surface area contributed by atoms with Crippen LogP contribution in [0, 0.1) is 10.1 Å². The number of carboxylic acid groups (broad SMARTS) is 1. The summed E-state index contributed by atoms with van der Waals surface area (Å²) in [5.41, 5.74) is -0.639. The van der Waals surface area contributed by atoms with Crippen LogP contribution < -0.4 is 4.74 Å². The predicted molar refractivity (Wildman–Crippen MR) is 63.3 cm³/mol. The van der Waals surface area contributed by atoms with Crippen molar-refractivity contribution >= 4 is 23.3 Å². The smallest absolute Gasteiger partial charge is 0.339 e. The van der Waals surface area contributed by atoms with Crippen molar-refractivity contribution in [3.05, 3.63) is 32.8 Å². The molecule has 0 heterocycles. The van der Waals surface area contributed by atoms with Crippen LogP contribution in [0.3, 0.4) is 0 Å². The Labute approximate surface area is 107 Å². The Balaban J connectivity index is 2.42. The third-order valence-corrected chi connectivity index (χ3v) is 3.09. The van der Waals surface area contributed by atoms with Gasteiger partial charge >= 0.3 is 5.97 Å². The first-order valence-corrected chi connectivity index (χ1v) is 5.74. The molecule has 6 nitrogen and oxygen atoms in total. The van der Waals surface area contributed by atoms with Gasteiger partial charge in [0.25, 0.3) is 5.69 Å². The van der Waals surface area contributed by atoms with E-state index in [-0.39, 0.29) is 28.1 Å². The number of non-ortho nitro benzene ring substituents is 1. The molecule has 0 aliphatic heterocycles. The normalized spacial score (nSPS) is 14.9. The Morgan fingerprint density at radius 2 is 2.17 bits per heavy atom. The average molecular weight is 272 g/mol. The summed E-state index contributed by atoms with van der Waals surface area (Å²) >= 11 is 5.86. The maximum Gasteiger partial charge on any atom is 0.339 e. The van der Waals surface area contributed by atoms with Gasteiger partial charge in [-0.3, -0.25) is 10.1 Å². The summed E-state index contributed by atoms with van der Waals surface area (Å²) in [6.07, 6.45) is 2.65. The van der Waals surface area contributed by atoms with Gasteiger partial charge in [-0.1, -0.05) is 11.6 Å². The standard InChI is InChI=1S/C11H10ClNO5/c12-9-5-6(13(16)17)4-8(11(14)15)10(9)18-7-2-1-3-7/h4-5,7H,1-3H2,(H,14,15). The van der Waals surface area contributed by atoms with Gasteiger partial charge in [-0.2, -0.15) is 0 Å². The van der Waals surface area contributed by atoms with Crippen LogP contribution in [0.1, 0.15) is 29.6 Å². The van der Waals surface area contributed by atoms with Gasteiger partial charge in [0.05, 0.1) is 16.0 Å². The van der Waals surface area contributed by atoms with E-state index in [1.807, 2.05) is 0 Å². The number of hydrogen-bond donors (Lipinski definition) is 1. The number of benzene rings is 1. The number of nitrogens with zero attached hydrogens (tertiary/aromatic N) is 1. The Hall–Kier alpha value is -1.82. The number of aromatic carboxylic acids is 1. The molecule has 96 valence electrons. The van der Waals surface area contributed by atoms with Crippen molar-refractivity contribution in [3.8, 4) is 5.75 Å².